The molecule has 1 N–H and O–H groups in total. The van der Waals surface area contributed by atoms with E-state index in [-0.39, 0.29) is 17.8 Å². The number of benzene rings is 2. The van der Waals surface area contributed by atoms with Gasteiger partial charge in [-0.2, -0.15) is 5.10 Å². The number of carbonyl (C=O) groups is 1. The molecule has 2 aromatic carbocycles. The third-order valence-electron chi connectivity index (χ3n) is 8.43. The van der Waals surface area contributed by atoms with Crippen molar-refractivity contribution >= 4 is 17.2 Å². The number of anilines is 1. The molecular weight excluding hydrogens is 521 g/mol. The molecule has 7 nitrogen and oxygen atoms in total. The molecule has 8 heteroatoms. The van der Waals surface area contributed by atoms with Crippen LogP contribution in [0.1, 0.15) is 50.2 Å². The highest BCUT2D eigenvalue weighted by Gasteiger charge is 2.33. The molecule has 2 aromatic heterocycles. The Hall–Kier alpha value is -3.91. The molecule has 0 amide bonds. The van der Waals surface area contributed by atoms with Crippen molar-refractivity contribution in [1.29, 1.82) is 0 Å². The average molecular weight is 558 g/mol. The van der Waals surface area contributed by atoms with Crippen LogP contribution in [0.2, 0.25) is 0 Å². The third kappa shape index (κ3) is 5.66. The summed E-state index contributed by atoms with van der Waals surface area (Å²) in [6.07, 6.45) is 6.33. The molecule has 41 heavy (non-hydrogen) atoms. The van der Waals surface area contributed by atoms with Gasteiger partial charge in [0.25, 0.3) is 0 Å². The number of rotatable bonds is 2. The summed E-state index contributed by atoms with van der Waals surface area (Å²) in [5.74, 6) is -0.659. The highest BCUT2D eigenvalue weighted by atomic mass is 19.1. The molecule has 7 rings (SSSR count). The molecule has 0 atom stereocenters. The molecule has 4 aromatic rings. The number of ether oxygens (including phenoxy) is 2. The van der Waals surface area contributed by atoms with E-state index in [0.29, 0.717) is 19.0 Å². The van der Waals surface area contributed by atoms with Crippen LogP contribution in [-0.4, -0.2) is 52.6 Å². The number of aliphatic carboxylic acids is 1. The van der Waals surface area contributed by atoms with E-state index >= 15 is 0 Å². The Balaban J connectivity index is 1.48. The molecule has 0 aliphatic carbocycles. The van der Waals surface area contributed by atoms with Gasteiger partial charge in [0.05, 0.1) is 35.5 Å². The Morgan fingerprint density at radius 2 is 1.83 bits per heavy atom. The topological polar surface area (TPSA) is 76.3 Å². The molecule has 214 valence electrons. The van der Waals surface area contributed by atoms with Gasteiger partial charge >= 0.3 is 5.97 Å². The molecule has 3 aliphatic heterocycles. The molecule has 0 unspecified atom stereocenters. The van der Waals surface area contributed by atoms with Crippen LogP contribution in [-0.2, 0) is 16.0 Å². The van der Waals surface area contributed by atoms with Gasteiger partial charge in [0.1, 0.15) is 11.6 Å². The van der Waals surface area contributed by atoms with Gasteiger partial charge in [-0.25, -0.2) is 8.91 Å². The fraction of sp³-hybridized carbons (Fsp3) is 0.394. The molecule has 3 aliphatic rings. The SMILES string of the molecule is Cc1cn2nc3cc2c(c1CC(=O)O)N1CCC(C)(CC1)OCCCCCOc1cc(F)ccc1-c1cccc-3c1. The van der Waals surface area contributed by atoms with E-state index in [2.05, 4.69) is 17.9 Å². The van der Waals surface area contributed by atoms with E-state index in [1.807, 2.05) is 41.9 Å². The largest absolute Gasteiger partial charge is 0.493 e. The van der Waals surface area contributed by atoms with Crippen molar-refractivity contribution in [3.05, 3.63) is 71.7 Å². The zero-order valence-corrected chi connectivity index (χ0v) is 23.7. The molecule has 1 fully saturated rings. The first-order valence-electron chi connectivity index (χ1n) is 14.5. The lowest BCUT2D eigenvalue weighted by Gasteiger charge is -2.41. The number of pyridine rings is 1. The first kappa shape index (κ1) is 27.3. The van der Waals surface area contributed by atoms with E-state index < -0.39 is 5.97 Å². The van der Waals surface area contributed by atoms with Crippen molar-refractivity contribution in [3.8, 4) is 28.1 Å². The predicted octanol–water partition coefficient (Wildman–Crippen LogP) is 6.68. The Bertz CT molecular complexity index is 1590. The second kappa shape index (κ2) is 11.2. The van der Waals surface area contributed by atoms with Crippen molar-refractivity contribution < 1.29 is 23.8 Å². The Morgan fingerprint density at radius 1 is 1.05 bits per heavy atom. The van der Waals surface area contributed by atoms with Gasteiger partial charge in [0, 0.05) is 43.1 Å². The highest BCUT2D eigenvalue weighted by molar-refractivity contribution is 5.86. The summed E-state index contributed by atoms with van der Waals surface area (Å²) in [7, 11) is 0. The van der Waals surface area contributed by atoms with Gasteiger partial charge in [0.15, 0.2) is 0 Å². The number of fused-ring (bicyclic) bond motifs is 8. The predicted molar refractivity (Wildman–Crippen MR) is 157 cm³/mol. The number of hydrogen-bond donors (Lipinski definition) is 1. The maximum atomic E-state index is 14.2. The molecule has 1 saturated heterocycles. The summed E-state index contributed by atoms with van der Waals surface area (Å²) in [6.45, 7) is 6.88. The van der Waals surface area contributed by atoms with Crippen LogP contribution >= 0.6 is 0 Å². The van der Waals surface area contributed by atoms with Crippen LogP contribution in [0.25, 0.3) is 27.9 Å². The maximum absolute atomic E-state index is 14.2. The monoisotopic (exact) mass is 557 g/mol. The van der Waals surface area contributed by atoms with Crippen molar-refractivity contribution in [2.75, 3.05) is 31.2 Å². The number of aryl methyl sites for hydroxylation is 1. The van der Waals surface area contributed by atoms with Crippen LogP contribution in [0.15, 0.2) is 54.7 Å². The fourth-order valence-electron chi connectivity index (χ4n) is 6.07. The van der Waals surface area contributed by atoms with Crippen LogP contribution in [0.5, 0.6) is 5.75 Å². The molecule has 0 spiro atoms. The van der Waals surface area contributed by atoms with Gasteiger partial charge in [-0.15, -0.1) is 0 Å². The summed E-state index contributed by atoms with van der Waals surface area (Å²) in [5.41, 5.74) is 6.76. The van der Waals surface area contributed by atoms with E-state index in [9.17, 15) is 14.3 Å². The van der Waals surface area contributed by atoms with Crippen molar-refractivity contribution in [2.24, 2.45) is 0 Å². The number of carboxylic acid groups (broad SMARTS) is 1. The minimum atomic E-state index is -0.852. The van der Waals surface area contributed by atoms with Gasteiger partial charge in [-0.3, -0.25) is 4.79 Å². The standard InChI is InChI=1S/C33H36FN3O4/c1-22-21-37-29-20-28(35-37)24-8-6-7-23(17-24)26-10-9-25(34)18-30(26)40-15-4-3-5-16-41-33(2)11-13-36(14-12-33)32(29)27(22)19-31(38)39/h6-10,17-18,20-21H,3-5,11-16,19H2,1-2H3,(H,38,39). The lowest BCUT2D eigenvalue weighted by atomic mass is 9.92. The molecular formula is C33H36FN3O4. The van der Waals surface area contributed by atoms with Crippen LogP contribution in [0.4, 0.5) is 10.1 Å². The second-order valence-corrected chi connectivity index (χ2v) is 11.5. The van der Waals surface area contributed by atoms with Gasteiger partial charge in [0.2, 0.25) is 0 Å². The number of halogens is 1. The first-order valence-corrected chi connectivity index (χ1v) is 14.5. The Labute approximate surface area is 239 Å². The molecule has 0 saturated carbocycles. The van der Waals surface area contributed by atoms with Gasteiger partial charge in [-0.05, 0) is 86.9 Å². The quantitative estimate of drug-likeness (QED) is 0.296. The zero-order chi connectivity index (χ0) is 28.6. The third-order valence-corrected chi connectivity index (χ3v) is 8.43. The maximum Gasteiger partial charge on any atom is 0.307 e. The minimum absolute atomic E-state index is 0.0503. The second-order valence-electron chi connectivity index (χ2n) is 11.5. The van der Waals surface area contributed by atoms with Crippen molar-refractivity contribution in [2.45, 2.75) is 58.0 Å². The van der Waals surface area contributed by atoms with E-state index in [1.165, 1.54) is 12.1 Å². The Kier molecular flexibility index (Phi) is 7.43. The number of hydrogen-bond acceptors (Lipinski definition) is 5. The van der Waals surface area contributed by atoms with Crippen molar-refractivity contribution in [1.82, 2.24) is 9.61 Å². The number of piperidine rings is 1. The van der Waals surface area contributed by atoms with Gasteiger partial charge in [-0.1, -0.05) is 18.2 Å². The minimum Gasteiger partial charge on any atom is -0.493 e. The number of aromatic nitrogens is 2. The summed E-state index contributed by atoms with van der Waals surface area (Å²) in [6, 6.07) is 14.7. The van der Waals surface area contributed by atoms with E-state index in [4.69, 9.17) is 14.6 Å². The normalized spacial score (nSPS) is 17.3. The molecule has 6 bridgehead atoms. The van der Waals surface area contributed by atoms with Crippen LogP contribution in [0.3, 0.4) is 0 Å². The summed E-state index contributed by atoms with van der Waals surface area (Å²) in [4.78, 5) is 14.2. The average Bonchev–Trinajstić information content (AvgIpc) is 3.37. The zero-order valence-electron chi connectivity index (χ0n) is 23.7. The fourth-order valence-corrected chi connectivity index (χ4v) is 6.07. The molecule has 5 heterocycles. The summed E-state index contributed by atoms with van der Waals surface area (Å²) < 4.78 is 28.6. The van der Waals surface area contributed by atoms with Gasteiger partial charge < -0.3 is 19.5 Å². The van der Waals surface area contributed by atoms with E-state index in [0.717, 1.165) is 89.9 Å². The number of nitrogens with zero attached hydrogens (tertiary/aromatic N) is 3. The van der Waals surface area contributed by atoms with E-state index in [1.54, 1.807) is 6.07 Å². The number of carboxylic acids is 1. The van der Waals surface area contributed by atoms with Crippen LogP contribution < -0.4 is 9.64 Å². The highest BCUT2D eigenvalue weighted by Crippen LogP contribution is 2.38. The lowest BCUT2D eigenvalue weighted by molar-refractivity contribution is -0.136. The summed E-state index contributed by atoms with van der Waals surface area (Å²) >= 11 is 0. The van der Waals surface area contributed by atoms with Crippen LogP contribution in [0, 0.1) is 12.7 Å². The smallest absolute Gasteiger partial charge is 0.307 e. The molecule has 0 radical (unpaired) electrons. The Morgan fingerprint density at radius 3 is 2.63 bits per heavy atom. The first-order chi connectivity index (χ1) is 19.8. The lowest BCUT2D eigenvalue weighted by Crippen LogP contribution is -2.45. The van der Waals surface area contributed by atoms with Crippen molar-refractivity contribution in [3.63, 3.8) is 0 Å². The summed E-state index contributed by atoms with van der Waals surface area (Å²) in [5, 5.41) is 14.7.